The van der Waals surface area contributed by atoms with Gasteiger partial charge < -0.3 is 5.11 Å². The monoisotopic (exact) mass is 470 g/mol. The third kappa shape index (κ3) is 3.61. The quantitative estimate of drug-likeness (QED) is 0.380. The number of aliphatic hydroxyl groups is 1. The van der Waals surface area contributed by atoms with Gasteiger partial charge >= 0.3 is 0 Å². The molecule has 3 aromatic rings. The van der Waals surface area contributed by atoms with Gasteiger partial charge in [0, 0.05) is 0 Å². The average Bonchev–Trinajstić information content (AvgIpc) is 2.81. The van der Waals surface area contributed by atoms with Crippen LogP contribution in [0.1, 0.15) is 100 Å². The maximum absolute atomic E-state index is 13.5. The molecule has 0 amide bonds. The van der Waals surface area contributed by atoms with E-state index in [1.54, 1.807) is 0 Å². The lowest BCUT2D eigenvalue weighted by Crippen LogP contribution is -2.36. The molecule has 0 saturated carbocycles. The molecule has 0 aromatic heterocycles. The van der Waals surface area contributed by atoms with Crippen LogP contribution in [0.15, 0.2) is 0 Å². The summed E-state index contributed by atoms with van der Waals surface area (Å²) in [4.78, 5) is 0. The van der Waals surface area contributed by atoms with E-state index in [9.17, 15) is 5.11 Å². The number of rotatable bonds is 3. The summed E-state index contributed by atoms with van der Waals surface area (Å²) in [6, 6.07) is 0. The van der Waals surface area contributed by atoms with Gasteiger partial charge in [-0.3, -0.25) is 0 Å². The molecule has 3 rings (SSSR count). The highest BCUT2D eigenvalue weighted by Crippen LogP contribution is 2.49. The number of hydrogen-bond donors (Lipinski definition) is 1. The maximum atomic E-state index is 13.5. The zero-order valence-corrected chi connectivity index (χ0v) is 24.9. The Morgan fingerprint density at radius 1 is 0.257 bits per heavy atom. The van der Waals surface area contributed by atoms with Gasteiger partial charge in [-0.25, -0.2) is 0 Å². The molecule has 3 aromatic carbocycles. The molecule has 188 valence electrons. The van der Waals surface area contributed by atoms with Crippen molar-refractivity contribution in [2.24, 2.45) is 0 Å². The molecule has 1 N–H and O–H groups in total. The minimum atomic E-state index is -1.26. The zero-order chi connectivity index (χ0) is 26.9. The highest BCUT2D eigenvalue weighted by Gasteiger charge is 2.43. The van der Waals surface area contributed by atoms with Crippen molar-refractivity contribution in [1.29, 1.82) is 0 Å². The summed E-state index contributed by atoms with van der Waals surface area (Å²) >= 11 is 0. The van der Waals surface area contributed by atoms with E-state index in [2.05, 4.69) is 104 Å². The van der Waals surface area contributed by atoms with Crippen molar-refractivity contribution in [3.05, 3.63) is 100 Å². The molecule has 1 heteroatoms. The molecular weight excluding hydrogens is 424 g/mol. The molecule has 0 saturated heterocycles. The second-order valence-corrected chi connectivity index (χ2v) is 11.2. The Bertz CT molecular complexity index is 1130. The highest BCUT2D eigenvalue weighted by atomic mass is 16.3. The summed E-state index contributed by atoms with van der Waals surface area (Å²) in [5, 5.41) is 13.5. The first-order chi connectivity index (χ1) is 16.0. The van der Waals surface area contributed by atoms with Crippen molar-refractivity contribution in [2.45, 2.75) is 109 Å². The second kappa shape index (κ2) is 8.93. The summed E-state index contributed by atoms with van der Waals surface area (Å²) < 4.78 is 0. The molecule has 0 atom stereocenters. The van der Waals surface area contributed by atoms with Gasteiger partial charge in [0.15, 0.2) is 0 Å². The van der Waals surface area contributed by atoms with E-state index >= 15 is 0 Å². The van der Waals surface area contributed by atoms with Crippen LogP contribution >= 0.6 is 0 Å². The molecular formula is C34H46O. The van der Waals surface area contributed by atoms with Crippen LogP contribution in [0.2, 0.25) is 0 Å². The average molecular weight is 471 g/mol. The normalized spacial score (nSPS) is 12.0. The van der Waals surface area contributed by atoms with Gasteiger partial charge in [0.1, 0.15) is 5.60 Å². The van der Waals surface area contributed by atoms with E-state index in [0.717, 1.165) is 16.7 Å². The fourth-order valence-corrected chi connectivity index (χ4v) is 6.50. The Balaban J connectivity index is 2.78. The molecule has 0 aliphatic carbocycles. The van der Waals surface area contributed by atoms with Crippen molar-refractivity contribution < 1.29 is 5.11 Å². The van der Waals surface area contributed by atoms with E-state index in [1.807, 2.05) is 0 Å². The van der Waals surface area contributed by atoms with Gasteiger partial charge in [0.05, 0.1) is 0 Å². The van der Waals surface area contributed by atoms with Crippen LogP contribution in [0.25, 0.3) is 0 Å². The van der Waals surface area contributed by atoms with Gasteiger partial charge in [-0.05, 0) is 204 Å². The SMILES string of the molecule is Cc1c(C)c(C)c(C(O)(c2c(C)c(C)c(C)c(C)c2C)c2c(C)c(C)c(C)c(C)c2C)c(C)c1C. The fraction of sp³-hybridized carbons (Fsp3) is 0.471. The van der Waals surface area contributed by atoms with Gasteiger partial charge in [-0.2, -0.15) is 0 Å². The van der Waals surface area contributed by atoms with Crippen molar-refractivity contribution in [3.63, 3.8) is 0 Å². The van der Waals surface area contributed by atoms with Crippen LogP contribution in [-0.2, 0) is 5.60 Å². The Hall–Kier alpha value is -2.38. The van der Waals surface area contributed by atoms with Crippen LogP contribution in [0.3, 0.4) is 0 Å². The van der Waals surface area contributed by atoms with E-state index in [1.165, 1.54) is 83.5 Å². The van der Waals surface area contributed by atoms with Gasteiger partial charge in [0.25, 0.3) is 0 Å². The largest absolute Gasteiger partial charge is 0.376 e. The summed E-state index contributed by atoms with van der Waals surface area (Å²) in [6.45, 7) is 33.1. The molecule has 0 fully saturated rings. The second-order valence-electron chi connectivity index (χ2n) is 11.2. The van der Waals surface area contributed by atoms with E-state index in [-0.39, 0.29) is 0 Å². The summed E-state index contributed by atoms with van der Waals surface area (Å²) in [6.07, 6.45) is 0. The first-order valence-corrected chi connectivity index (χ1v) is 13.0. The van der Waals surface area contributed by atoms with Crippen molar-refractivity contribution in [1.82, 2.24) is 0 Å². The predicted molar refractivity (Wildman–Crippen MR) is 152 cm³/mol. The molecule has 0 aliphatic heterocycles. The van der Waals surface area contributed by atoms with Crippen LogP contribution in [0.4, 0.5) is 0 Å². The van der Waals surface area contributed by atoms with Crippen LogP contribution in [-0.4, -0.2) is 5.11 Å². The minimum absolute atomic E-state index is 1.06. The predicted octanol–water partition coefficient (Wildman–Crippen LogP) is 8.60. The number of hydrogen-bond acceptors (Lipinski definition) is 1. The molecule has 35 heavy (non-hydrogen) atoms. The van der Waals surface area contributed by atoms with Crippen molar-refractivity contribution >= 4 is 0 Å². The van der Waals surface area contributed by atoms with Crippen LogP contribution in [0, 0.1) is 104 Å². The molecule has 1 nitrogen and oxygen atoms in total. The standard InChI is InChI=1S/C34H46O/c1-16-19(4)25(10)31(26(11)20(16)5)34(35,32-27(12)21(6)17(2)22(7)28(32)13)33-29(14)23(8)18(3)24(9)30(33)15/h35H,1-15H3. The first-order valence-electron chi connectivity index (χ1n) is 13.0. The smallest absolute Gasteiger partial charge is 0.142 e. The minimum Gasteiger partial charge on any atom is -0.376 e. The summed E-state index contributed by atoms with van der Waals surface area (Å²) in [7, 11) is 0. The third-order valence-electron chi connectivity index (χ3n) is 10.1. The highest BCUT2D eigenvalue weighted by molar-refractivity contribution is 5.67. The summed E-state index contributed by atoms with van der Waals surface area (Å²) in [5.74, 6) is 0. The molecule has 0 unspecified atom stereocenters. The molecule has 0 spiro atoms. The topological polar surface area (TPSA) is 20.2 Å². The van der Waals surface area contributed by atoms with Crippen LogP contribution < -0.4 is 0 Å². The van der Waals surface area contributed by atoms with E-state index < -0.39 is 5.60 Å². The Morgan fingerprint density at radius 3 is 0.514 bits per heavy atom. The van der Waals surface area contributed by atoms with E-state index in [0.29, 0.717) is 0 Å². The molecule has 0 aliphatic rings. The Morgan fingerprint density at radius 2 is 0.371 bits per heavy atom. The molecule has 0 bridgehead atoms. The Kier molecular flexibility index (Phi) is 6.94. The van der Waals surface area contributed by atoms with Crippen molar-refractivity contribution in [3.8, 4) is 0 Å². The lowest BCUT2D eigenvalue weighted by Gasteiger charge is -2.40. The third-order valence-corrected chi connectivity index (χ3v) is 10.1. The van der Waals surface area contributed by atoms with Crippen LogP contribution in [0.5, 0.6) is 0 Å². The molecule has 0 heterocycles. The summed E-state index contributed by atoms with van der Waals surface area (Å²) in [5.41, 5.74) is 20.7. The first kappa shape index (κ1) is 27.2. The van der Waals surface area contributed by atoms with E-state index in [4.69, 9.17) is 0 Å². The number of benzene rings is 3. The Labute approximate surface area is 214 Å². The fourth-order valence-electron chi connectivity index (χ4n) is 6.50. The zero-order valence-electron chi connectivity index (χ0n) is 24.9. The van der Waals surface area contributed by atoms with Gasteiger partial charge in [-0.15, -0.1) is 0 Å². The maximum Gasteiger partial charge on any atom is 0.142 e. The lowest BCUT2D eigenvalue weighted by molar-refractivity contribution is 0.121. The van der Waals surface area contributed by atoms with Gasteiger partial charge in [0.2, 0.25) is 0 Å². The van der Waals surface area contributed by atoms with Gasteiger partial charge in [-0.1, -0.05) is 0 Å². The molecule has 0 radical (unpaired) electrons. The lowest BCUT2D eigenvalue weighted by atomic mass is 9.67. The van der Waals surface area contributed by atoms with Crippen molar-refractivity contribution in [2.75, 3.05) is 0 Å².